The first-order chi connectivity index (χ1) is 6.83. The van der Waals surface area contributed by atoms with Crippen LogP contribution in [0, 0.1) is 0 Å². The first-order valence-corrected chi connectivity index (χ1v) is 7.56. The smallest absolute Gasteiger partial charge is 0.113 e. The third kappa shape index (κ3) is 2.40. The van der Waals surface area contributed by atoms with Crippen molar-refractivity contribution in [1.29, 1.82) is 0 Å². The van der Waals surface area contributed by atoms with Gasteiger partial charge in [-0.15, -0.1) is 0 Å². The molecule has 0 heterocycles. The highest BCUT2D eigenvalue weighted by atomic mass is 79.9. The minimum Gasteiger partial charge on any atom is -0.319 e. The summed E-state index contributed by atoms with van der Waals surface area (Å²) >= 11 is 3.44. The number of hydrogen-bond acceptors (Lipinski definition) is 1. The molecule has 80 valence electrons. The molecule has 1 aromatic carbocycles. The summed E-state index contributed by atoms with van der Waals surface area (Å²) in [7, 11) is 3.17. The van der Waals surface area contributed by atoms with Gasteiger partial charge in [0.1, 0.15) is 7.14 Å². The fourth-order valence-electron chi connectivity index (χ4n) is 1.48. The first-order valence-electron chi connectivity index (χ1n) is 4.87. The molecule has 2 radical (unpaired) electrons. The molecule has 0 bridgehead atoms. The van der Waals surface area contributed by atoms with E-state index in [9.17, 15) is 4.57 Å². The molecule has 0 N–H and O–H groups in total. The second-order valence-corrected chi connectivity index (χ2v) is 9.07. The highest BCUT2D eigenvalue weighted by Gasteiger charge is 2.36. The Hall–Kier alpha value is -0.00506. The first kappa shape index (κ1) is 13.1. The van der Waals surface area contributed by atoms with Gasteiger partial charge in [-0.25, -0.2) is 0 Å². The molecule has 0 unspecified atom stereocenters. The second kappa shape index (κ2) is 4.47. The van der Waals surface area contributed by atoms with Gasteiger partial charge in [0.2, 0.25) is 0 Å². The Labute approximate surface area is 102 Å². The van der Waals surface area contributed by atoms with Crippen molar-refractivity contribution in [2.24, 2.45) is 0 Å². The Morgan fingerprint density at radius 2 is 1.87 bits per heavy atom. The van der Waals surface area contributed by atoms with Crippen LogP contribution in [0.15, 0.2) is 28.7 Å². The number of rotatable bonds is 2. The van der Waals surface area contributed by atoms with Gasteiger partial charge in [0.15, 0.2) is 0 Å². The summed E-state index contributed by atoms with van der Waals surface area (Å²) < 4.78 is 13.8. The van der Waals surface area contributed by atoms with E-state index in [1.807, 2.05) is 45.0 Å². The van der Waals surface area contributed by atoms with E-state index in [0.29, 0.717) is 0 Å². The van der Waals surface area contributed by atoms with Crippen LogP contribution < -0.4 is 5.30 Å². The Morgan fingerprint density at radius 1 is 1.33 bits per heavy atom. The van der Waals surface area contributed by atoms with Crippen LogP contribution in [-0.4, -0.2) is 19.1 Å². The van der Waals surface area contributed by atoms with E-state index in [2.05, 4.69) is 15.9 Å². The van der Waals surface area contributed by atoms with Crippen molar-refractivity contribution in [2.45, 2.75) is 25.9 Å². The summed E-state index contributed by atoms with van der Waals surface area (Å²) in [5.41, 5.74) is 0. The van der Waals surface area contributed by atoms with Gasteiger partial charge < -0.3 is 4.57 Å². The average Bonchev–Trinajstić information content (AvgIpc) is 2.15. The molecule has 0 fully saturated rings. The van der Waals surface area contributed by atoms with Crippen LogP contribution in [0.4, 0.5) is 0 Å². The average molecular weight is 285 g/mol. The van der Waals surface area contributed by atoms with Gasteiger partial charge in [0.25, 0.3) is 0 Å². The molecule has 15 heavy (non-hydrogen) atoms. The highest BCUT2D eigenvalue weighted by molar-refractivity contribution is 9.10. The van der Waals surface area contributed by atoms with Crippen LogP contribution in [0.2, 0.25) is 0 Å². The molecule has 0 spiro atoms. The maximum absolute atomic E-state index is 12.9. The van der Waals surface area contributed by atoms with E-state index >= 15 is 0 Å². The van der Waals surface area contributed by atoms with Crippen LogP contribution in [0.25, 0.3) is 0 Å². The fraction of sp³-hybridized carbons (Fsp3) is 0.455. The molecule has 1 aromatic rings. The van der Waals surface area contributed by atoms with Gasteiger partial charge in [-0.1, -0.05) is 54.9 Å². The Morgan fingerprint density at radius 3 is 2.27 bits per heavy atom. The molecular formula is C11H15BBrOP. The van der Waals surface area contributed by atoms with Crippen LogP contribution in [0.3, 0.4) is 0 Å². The van der Waals surface area contributed by atoms with Crippen LogP contribution in [0.1, 0.15) is 20.8 Å². The zero-order valence-corrected chi connectivity index (χ0v) is 11.8. The van der Waals surface area contributed by atoms with Gasteiger partial charge in [0.05, 0.1) is 7.85 Å². The predicted molar refractivity (Wildman–Crippen MR) is 71.8 cm³/mol. The highest BCUT2D eigenvalue weighted by Crippen LogP contribution is 2.56. The quantitative estimate of drug-likeness (QED) is 0.601. The van der Waals surface area contributed by atoms with E-state index < -0.39 is 7.14 Å². The Balaban J connectivity index is 3.38. The predicted octanol–water partition coefficient (Wildman–Crippen LogP) is 3.36. The second-order valence-electron chi connectivity index (χ2n) is 4.54. The normalized spacial score (nSPS) is 16.0. The zero-order chi connectivity index (χ0) is 11.7. The maximum Gasteiger partial charge on any atom is 0.113 e. The summed E-state index contributed by atoms with van der Waals surface area (Å²) in [5.74, 6) is 0. The van der Waals surface area contributed by atoms with Crippen molar-refractivity contribution in [3.63, 3.8) is 0 Å². The van der Waals surface area contributed by atoms with E-state index in [-0.39, 0.29) is 11.2 Å². The molecule has 0 amide bonds. The summed E-state index contributed by atoms with van der Waals surface area (Å²) in [6.07, 6.45) is 0. The number of hydrogen-bond donors (Lipinski definition) is 0. The molecule has 0 saturated heterocycles. The molecule has 4 heteroatoms. The van der Waals surface area contributed by atoms with Crippen molar-refractivity contribution in [3.8, 4) is 0 Å². The molecule has 0 aromatic heterocycles. The lowest BCUT2D eigenvalue weighted by Gasteiger charge is -2.31. The molecule has 1 nitrogen and oxygen atoms in total. The molecular weight excluding hydrogens is 270 g/mol. The fourth-order valence-corrected chi connectivity index (χ4v) is 4.84. The summed E-state index contributed by atoms with van der Waals surface area (Å²) in [4.78, 5) is 0. The van der Waals surface area contributed by atoms with Crippen LogP contribution in [0.5, 0.6) is 0 Å². The van der Waals surface area contributed by atoms with E-state index in [1.165, 1.54) is 0 Å². The molecule has 1 atom stereocenters. The van der Waals surface area contributed by atoms with E-state index in [1.54, 1.807) is 0 Å². The van der Waals surface area contributed by atoms with Gasteiger partial charge >= 0.3 is 0 Å². The number of halogens is 1. The monoisotopic (exact) mass is 284 g/mol. The van der Waals surface area contributed by atoms with Gasteiger partial charge in [0, 0.05) is 14.9 Å². The van der Waals surface area contributed by atoms with Gasteiger partial charge in [-0.2, -0.15) is 0 Å². The van der Waals surface area contributed by atoms with Gasteiger partial charge in [-0.05, 0) is 12.1 Å². The van der Waals surface area contributed by atoms with E-state index in [0.717, 1.165) is 9.78 Å². The van der Waals surface area contributed by atoms with E-state index in [4.69, 9.17) is 7.85 Å². The van der Waals surface area contributed by atoms with Gasteiger partial charge in [-0.3, -0.25) is 0 Å². The lowest BCUT2D eigenvalue weighted by molar-refractivity contribution is 0.559. The molecule has 0 aliphatic carbocycles. The lowest BCUT2D eigenvalue weighted by Crippen LogP contribution is -2.26. The maximum atomic E-state index is 12.9. The van der Waals surface area contributed by atoms with Crippen LogP contribution >= 0.6 is 23.1 Å². The minimum atomic E-state index is -2.54. The van der Waals surface area contributed by atoms with Crippen LogP contribution in [-0.2, 0) is 4.57 Å². The third-order valence-corrected chi connectivity index (χ3v) is 7.43. The minimum absolute atomic E-state index is 0.207. The molecule has 1 rings (SSSR count). The summed E-state index contributed by atoms with van der Waals surface area (Å²) in [5, 5.41) is 0.547. The van der Waals surface area contributed by atoms with Crippen molar-refractivity contribution < 1.29 is 4.57 Å². The molecule has 0 aliphatic heterocycles. The topological polar surface area (TPSA) is 17.1 Å². The largest absolute Gasteiger partial charge is 0.319 e. The Bertz CT molecular complexity index is 398. The summed E-state index contributed by atoms with van der Waals surface area (Å²) in [6, 6.07) is 7.82. The molecule has 0 aliphatic rings. The van der Waals surface area contributed by atoms with Crippen molar-refractivity contribution in [1.82, 2.24) is 0 Å². The van der Waals surface area contributed by atoms with Crippen molar-refractivity contribution >= 4 is 36.2 Å². The Kier molecular flexibility index (Phi) is 3.89. The number of benzene rings is 1. The third-order valence-electron chi connectivity index (χ3n) is 2.58. The zero-order valence-electron chi connectivity index (χ0n) is 9.33. The SMILES string of the molecule is [B]C[P@](=O)(c1ccccc1Br)C(C)(C)C. The van der Waals surface area contributed by atoms with Crippen molar-refractivity contribution in [2.75, 3.05) is 6.06 Å². The standard InChI is InChI=1S/C11H15BBrOP/c1-11(2,3)15(14,8-12)10-7-5-4-6-9(10)13/h4-7H,8H2,1-3H3/t15-/m0/s1. The molecule has 0 saturated carbocycles. The summed E-state index contributed by atoms with van der Waals surface area (Å²) in [6.45, 7) is 5.92. The lowest BCUT2D eigenvalue weighted by atomic mass is 10.2. The van der Waals surface area contributed by atoms with Crippen molar-refractivity contribution in [3.05, 3.63) is 28.7 Å².